The van der Waals surface area contributed by atoms with E-state index in [-0.39, 0.29) is 29.1 Å². The molecule has 1 aliphatic rings. The molecule has 0 saturated carbocycles. The van der Waals surface area contributed by atoms with Crippen LogP contribution >= 0.6 is 11.3 Å². The first kappa shape index (κ1) is 34.6. The van der Waals surface area contributed by atoms with Gasteiger partial charge >= 0.3 is 5.97 Å². The number of rotatable bonds is 4. The minimum Gasteiger partial charge on any atom is -0.457 e. The second-order valence-corrected chi connectivity index (χ2v) is 19.5. The van der Waals surface area contributed by atoms with E-state index in [1.54, 1.807) is 18.3 Å². The van der Waals surface area contributed by atoms with E-state index in [1.807, 2.05) is 46.1 Å². The summed E-state index contributed by atoms with van der Waals surface area (Å²) in [4.78, 5) is 32.1. The van der Waals surface area contributed by atoms with Crippen molar-refractivity contribution >= 4 is 37.5 Å². The second-order valence-electron chi connectivity index (χ2n) is 13.7. The van der Waals surface area contributed by atoms with Crippen molar-refractivity contribution in [2.45, 2.75) is 131 Å². The maximum Gasteiger partial charge on any atom is 0.309 e. The van der Waals surface area contributed by atoms with Crippen LogP contribution < -0.4 is 0 Å². The van der Waals surface area contributed by atoms with E-state index in [0.29, 0.717) is 6.42 Å². The van der Waals surface area contributed by atoms with Gasteiger partial charge in [0.15, 0.2) is 8.32 Å². The standard InChI is InChI=1S/C32H53NO5SSi/c1-21-16-14-12-13-15-17-26(22(2)18-25-20-39-24(4)33-25)37-28(34)19-27(38-40(10,11)31(5,6)7)32(8,9)30(36)23(3)29(21)35/h13,15,18,20-21,23,26-27,29,35H,12,14,16-17,19H2,1-11H3/b15-13-,22-18+/t21-,23+,26-,27-,29?/m0/s1. The Hall–Kier alpha value is -1.61. The fourth-order valence-corrected chi connectivity index (χ4v) is 6.91. The van der Waals surface area contributed by atoms with Crippen LogP contribution in [0, 0.1) is 24.2 Å². The minimum atomic E-state index is -2.36. The number of carbonyl (C=O) groups excluding carboxylic acids is 2. The van der Waals surface area contributed by atoms with Crippen LogP contribution in [0.25, 0.3) is 6.08 Å². The molecule has 6 nitrogen and oxygen atoms in total. The highest BCUT2D eigenvalue weighted by Crippen LogP contribution is 2.42. The molecule has 0 spiro atoms. The molecule has 8 heteroatoms. The predicted octanol–water partition coefficient (Wildman–Crippen LogP) is 7.91. The van der Waals surface area contributed by atoms with E-state index >= 15 is 0 Å². The van der Waals surface area contributed by atoms with Crippen molar-refractivity contribution in [3.8, 4) is 0 Å². The summed E-state index contributed by atoms with van der Waals surface area (Å²) in [5, 5.41) is 14.0. The van der Waals surface area contributed by atoms with E-state index in [2.05, 4.69) is 51.0 Å². The molecule has 1 aliphatic heterocycles. The number of thiazole rings is 1. The Morgan fingerprint density at radius 3 is 2.45 bits per heavy atom. The number of ketones is 1. The van der Waals surface area contributed by atoms with E-state index in [9.17, 15) is 14.7 Å². The summed E-state index contributed by atoms with van der Waals surface area (Å²) in [5.41, 5.74) is 0.788. The first-order chi connectivity index (χ1) is 18.4. The SMILES string of the molecule is C/C(=C\c1csc(C)n1)[C@@H]1C/C=C\CCC[C@H](C)C(O)[C@@H](C)C(=O)C(C)(C)[C@@H](O[Si](C)(C)C(C)(C)C)CC(=O)O1. The molecule has 2 heterocycles. The Morgan fingerprint density at radius 2 is 1.88 bits per heavy atom. The molecule has 0 amide bonds. The number of hydrogen-bond acceptors (Lipinski definition) is 7. The first-order valence-corrected chi connectivity index (χ1v) is 18.5. The van der Waals surface area contributed by atoms with E-state index in [4.69, 9.17) is 9.16 Å². The molecule has 1 aromatic rings. The highest BCUT2D eigenvalue weighted by molar-refractivity contribution is 7.09. The third kappa shape index (κ3) is 9.20. The lowest BCUT2D eigenvalue weighted by atomic mass is 9.73. The Bertz CT molecular complexity index is 1070. The third-order valence-corrected chi connectivity index (χ3v) is 14.2. The van der Waals surface area contributed by atoms with Gasteiger partial charge in [-0.05, 0) is 68.8 Å². The number of aliphatic hydroxyl groups excluding tert-OH is 1. The highest BCUT2D eigenvalue weighted by atomic mass is 32.1. The van der Waals surface area contributed by atoms with Gasteiger partial charge in [-0.15, -0.1) is 11.3 Å². The Balaban J connectivity index is 2.49. The maximum atomic E-state index is 13.9. The number of carbonyl (C=O) groups is 2. The molecular formula is C32H53NO5SSi. The van der Waals surface area contributed by atoms with Crippen LogP contribution in [0.2, 0.25) is 18.1 Å². The Labute approximate surface area is 247 Å². The fourth-order valence-electron chi connectivity index (χ4n) is 4.89. The minimum absolute atomic E-state index is 0.0136. The summed E-state index contributed by atoms with van der Waals surface area (Å²) < 4.78 is 12.9. The monoisotopic (exact) mass is 591 g/mol. The quantitative estimate of drug-likeness (QED) is 0.218. The molecule has 0 saturated heterocycles. The summed E-state index contributed by atoms with van der Waals surface area (Å²) in [7, 11) is -2.36. The van der Waals surface area contributed by atoms with Crippen LogP contribution in [0.15, 0.2) is 23.1 Å². The number of hydrogen-bond donors (Lipinski definition) is 1. The molecule has 1 aromatic heterocycles. The molecule has 1 N–H and O–H groups in total. The van der Waals surface area contributed by atoms with Crippen molar-refractivity contribution in [1.29, 1.82) is 0 Å². The second kappa shape index (κ2) is 14.0. The smallest absolute Gasteiger partial charge is 0.309 e. The van der Waals surface area contributed by atoms with Gasteiger partial charge < -0.3 is 14.3 Å². The summed E-state index contributed by atoms with van der Waals surface area (Å²) in [5.74, 6) is -1.06. The number of aromatic nitrogens is 1. The van der Waals surface area contributed by atoms with Crippen LogP contribution in [-0.2, 0) is 18.8 Å². The van der Waals surface area contributed by atoms with Gasteiger partial charge in [-0.3, -0.25) is 9.59 Å². The van der Waals surface area contributed by atoms with Crippen LogP contribution in [-0.4, -0.2) is 48.5 Å². The van der Waals surface area contributed by atoms with Crippen molar-refractivity contribution in [1.82, 2.24) is 4.98 Å². The van der Waals surface area contributed by atoms with Gasteiger partial charge in [-0.1, -0.05) is 60.6 Å². The van der Waals surface area contributed by atoms with Crippen molar-refractivity contribution in [2.75, 3.05) is 0 Å². The number of esters is 1. The number of allylic oxidation sites excluding steroid dienone is 1. The summed E-state index contributed by atoms with van der Waals surface area (Å²) >= 11 is 1.59. The van der Waals surface area contributed by atoms with Crippen molar-refractivity contribution < 1.29 is 23.9 Å². The molecule has 0 bridgehead atoms. The molecule has 0 aliphatic carbocycles. The van der Waals surface area contributed by atoms with Gasteiger partial charge in [0.2, 0.25) is 0 Å². The average molecular weight is 592 g/mol. The van der Waals surface area contributed by atoms with Gasteiger partial charge in [-0.2, -0.15) is 0 Å². The zero-order chi connectivity index (χ0) is 30.5. The van der Waals surface area contributed by atoms with E-state index in [0.717, 1.165) is 35.5 Å². The zero-order valence-corrected chi connectivity index (χ0v) is 28.5. The molecule has 5 atom stereocenters. The van der Waals surface area contributed by atoms with Crippen molar-refractivity contribution in [2.24, 2.45) is 17.3 Å². The molecular weight excluding hydrogens is 539 g/mol. The molecule has 40 heavy (non-hydrogen) atoms. The van der Waals surface area contributed by atoms with Crippen molar-refractivity contribution in [3.63, 3.8) is 0 Å². The van der Waals surface area contributed by atoms with Gasteiger partial charge in [0, 0.05) is 23.1 Å². The predicted molar refractivity (Wildman–Crippen MR) is 168 cm³/mol. The summed E-state index contributed by atoms with van der Waals surface area (Å²) in [6.07, 6.45) is 7.43. The van der Waals surface area contributed by atoms with E-state index < -0.39 is 38.0 Å². The molecule has 226 valence electrons. The lowest BCUT2D eigenvalue weighted by Gasteiger charge is -2.44. The van der Waals surface area contributed by atoms with Crippen molar-refractivity contribution in [3.05, 3.63) is 33.8 Å². The topological polar surface area (TPSA) is 85.7 Å². The van der Waals surface area contributed by atoms with E-state index in [1.165, 1.54) is 0 Å². The number of ether oxygens (including phenoxy) is 1. The number of Topliss-reactive ketones (excluding diaryl/α,β-unsaturated/α-hetero) is 1. The lowest BCUT2D eigenvalue weighted by molar-refractivity contribution is -0.153. The number of cyclic esters (lactones) is 1. The largest absolute Gasteiger partial charge is 0.457 e. The van der Waals surface area contributed by atoms with Gasteiger partial charge in [0.05, 0.1) is 29.3 Å². The van der Waals surface area contributed by atoms with Gasteiger partial charge in [0.1, 0.15) is 11.9 Å². The first-order valence-electron chi connectivity index (χ1n) is 14.7. The Morgan fingerprint density at radius 1 is 1.23 bits per heavy atom. The van der Waals surface area contributed by atoms with Crippen LogP contribution in [0.1, 0.15) is 98.2 Å². The number of nitrogens with zero attached hydrogens (tertiary/aromatic N) is 1. The molecule has 2 rings (SSSR count). The molecule has 1 unspecified atom stereocenters. The molecule has 0 fully saturated rings. The fraction of sp³-hybridized carbons (Fsp3) is 0.719. The lowest BCUT2D eigenvalue weighted by Crippen LogP contribution is -2.52. The maximum absolute atomic E-state index is 13.9. The normalized spacial score (nSPS) is 29.2. The number of aliphatic hydroxyl groups is 1. The van der Waals surface area contributed by atoms with Crippen LogP contribution in [0.3, 0.4) is 0 Å². The summed E-state index contributed by atoms with van der Waals surface area (Å²) in [6.45, 7) is 22.2. The van der Waals surface area contributed by atoms with Crippen LogP contribution in [0.5, 0.6) is 0 Å². The number of aryl methyl sites for hydroxylation is 1. The van der Waals surface area contributed by atoms with Crippen LogP contribution in [0.4, 0.5) is 0 Å². The van der Waals surface area contributed by atoms with Gasteiger partial charge in [-0.25, -0.2) is 4.98 Å². The van der Waals surface area contributed by atoms with Gasteiger partial charge in [0.25, 0.3) is 0 Å². The highest BCUT2D eigenvalue weighted by Gasteiger charge is 2.48. The third-order valence-electron chi connectivity index (χ3n) is 8.88. The average Bonchev–Trinajstić information content (AvgIpc) is 3.25. The molecule has 0 aromatic carbocycles. The zero-order valence-electron chi connectivity index (χ0n) is 26.7. The molecule has 0 radical (unpaired) electrons. The summed E-state index contributed by atoms with van der Waals surface area (Å²) in [6, 6.07) is 0. The Kier molecular flexibility index (Phi) is 12.1.